The van der Waals surface area contributed by atoms with E-state index in [1.54, 1.807) is 23.3 Å². The summed E-state index contributed by atoms with van der Waals surface area (Å²) in [6, 6.07) is 23.4. The van der Waals surface area contributed by atoms with E-state index in [9.17, 15) is 9.59 Å². The summed E-state index contributed by atoms with van der Waals surface area (Å²) in [5.41, 5.74) is 1.85. The van der Waals surface area contributed by atoms with Crippen molar-refractivity contribution in [2.75, 3.05) is 9.96 Å². The molecule has 0 saturated carbocycles. The lowest BCUT2D eigenvalue weighted by Gasteiger charge is -2.29. The molecule has 5 nitrogen and oxygen atoms in total. The summed E-state index contributed by atoms with van der Waals surface area (Å²) in [7, 11) is 0. The lowest BCUT2D eigenvalue weighted by molar-refractivity contribution is -0.126. The summed E-state index contributed by atoms with van der Waals surface area (Å²) in [5, 5.41) is 2.13. The number of hydroxylamine groups is 1. The molecule has 0 radical (unpaired) electrons. The first-order valence-electron chi connectivity index (χ1n) is 9.46. The maximum atomic E-state index is 13.5. The molecule has 0 aliphatic carbocycles. The minimum atomic E-state index is -0.963. The van der Waals surface area contributed by atoms with E-state index >= 15 is 0 Å². The van der Waals surface area contributed by atoms with Crippen LogP contribution in [0.5, 0.6) is 0 Å². The molecular weight excluding hydrogens is 423 g/mol. The third kappa shape index (κ3) is 2.89. The van der Waals surface area contributed by atoms with Gasteiger partial charge in [-0.2, -0.15) is 0 Å². The Bertz CT molecular complexity index is 1100. The van der Waals surface area contributed by atoms with Gasteiger partial charge in [0.25, 0.3) is 5.91 Å². The van der Waals surface area contributed by atoms with E-state index in [0.29, 0.717) is 0 Å². The molecule has 7 heteroatoms. The van der Waals surface area contributed by atoms with Crippen LogP contribution in [0, 0.1) is 5.92 Å². The summed E-state index contributed by atoms with van der Waals surface area (Å²) >= 11 is 12.6. The van der Waals surface area contributed by atoms with Crippen LogP contribution < -0.4 is 9.96 Å². The van der Waals surface area contributed by atoms with Crippen LogP contribution in [-0.4, -0.2) is 17.9 Å². The highest BCUT2D eigenvalue weighted by Crippen LogP contribution is 2.49. The van der Waals surface area contributed by atoms with Gasteiger partial charge in [0, 0.05) is 0 Å². The number of anilines is 2. The highest BCUT2D eigenvalue weighted by molar-refractivity contribution is 6.42. The molecule has 2 heterocycles. The predicted molar refractivity (Wildman–Crippen MR) is 115 cm³/mol. The van der Waals surface area contributed by atoms with Gasteiger partial charge in [-0.05, 0) is 29.8 Å². The molecule has 0 spiro atoms. The number of halogens is 2. The monoisotopic (exact) mass is 438 g/mol. The maximum absolute atomic E-state index is 13.5. The van der Waals surface area contributed by atoms with Crippen LogP contribution in [0.15, 0.2) is 78.9 Å². The Morgan fingerprint density at radius 1 is 0.733 bits per heavy atom. The van der Waals surface area contributed by atoms with Crippen LogP contribution in [0.1, 0.15) is 11.6 Å². The fourth-order valence-electron chi connectivity index (χ4n) is 4.13. The fourth-order valence-corrected chi connectivity index (χ4v) is 4.69. The van der Waals surface area contributed by atoms with Crippen LogP contribution in [0.3, 0.4) is 0 Å². The first kappa shape index (κ1) is 19.1. The van der Waals surface area contributed by atoms with E-state index < -0.39 is 24.0 Å². The number of para-hydroxylation sites is 2. The summed E-state index contributed by atoms with van der Waals surface area (Å²) in [6.07, 6.45) is -0.963. The van der Waals surface area contributed by atoms with Crippen molar-refractivity contribution in [2.24, 2.45) is 5.92 Å². The van der Waals surface area contributed by atoms with E-state index in [1.165, 1.54) is 0 Å². The van der Waals surface area contributed by atoms with E-state index in [4.69, 9.17) is 28.0 Å². The van der Waals surface area contributed by atoms with Gasteiger partial charge in [0.05, 0.1) is 27.5 Å². The van der Waals surface area contributed by atoms with E-state index in [1.807, 2.05) is 60.7 Å². The van der Waals surface area contributed by atoms with Crippen LogP contribution in [0.4, 0.5) is 11.4 Å². The topological polar surface area (TPSA) is 49.9 Å². The third-order valence-electron chi connectivity index (χ3n) is 5.43. The summed E-state index contributed by atoms with van der Waals surface area (Å²) in [6.45, 7) is 0. The molecular formula is C23H16Cl2N2O3. The second-order valence-electron chi connectivity index (χ2n) is 7.15. The number of nitrogens with zero attached hydrogens (tertiary/aromatic N) is 2. The van der Waals surface area contributed by atoms with Crippen LogP contribution in [0.25, 0.3) is 0 Å². The van der Waals surface area contributed by atoms with Crippen LogP contribution in [0.2, 0.25) is 10.0 Å². The van der Waals surface area contributed by atoms with Gasteiger partial charge in [-0.1, -0.05) is 77.8 Å². The van der Waals surface area contributed by atoms with Gasteiger partial charge in [-0.25, -0.2) is 9.96 Å². The lowest BCUT2D eigenvalue weighted by Crippen LogP contribution is -2.37. The van der Waals surface area contributed by atoms with Crippen molar-refractivity contribution in [3.8, 4) is 0 Å². The van der Waals surface area contributed by atoms with Gasteiger partial charge in [0.2, 0.25) is 5.91 Å². The molecule has 3 atom stereocenters. The number of amides is 2. The summed E-state index contributed by atoms with van der Waals surface area (Å²) in [4.78, 5) is 34.0. The molecule has 2 saturated heterocycles. The van der Waals surface area contributed by atoms with Crippen molar-refractivity contribution >= 4 is 46.4 Å². The summed E-state index contributed by atoms with van der Waals surface area (Å²) in [5.74, 6) is -1.58. The Morgan fingerprint density at radius 3 is 1.97 bits per heavy atom. The van der Waals surface area contributed by atoms with Crippen molar-refractivity contribution in [3.63, 3.8) is 0 Å². The smallest absolute Gasteiger partial charge is 0.266 e. The number of hydrogen-bond donors (Lipinski definition) is 0. The molecule has 2 aliphatic heterocycles. The molecule has 0 aromatic heterocycles. The number of rotatable bonds is 3. The average molecular weight is 439 g/mol. The van der Waals surface area contributed by atoms with Gasteiger partial charge in [-0.3, -0.25) is 14.4 Å². The molecule has 150 valence electrons. The Hall–Kier alpha value is -2.86. The Labute approximate surface area is 183 Å². The lowest BCUT2D eigenvalue weighted by atomic mass is 9.90. The molecule has 0 bridgehead atoms. The predicted octanol–water partition coefficient (Wildman–Crippen LogP) is 5.04. The Balaban J connectivity index is 1.61. The number of fused-ring (bicyclic) bond motifs is 1. The van der Waals surface area contributed by atoms with Crippen molar-refractivity contribution in [1.82, 2.24) is 0 Å². The highest BCUT2D eigenvalue weighted by atomic mass is 35.5. The Kier molecular flexibility index (Phi) is 4.74. The second kappa shape index (κ2) is 7.43. The van der Waals surface area contributed by atoms with Crippen molar-refractivity contribution in [2.45, 2.75) is 12.1 Å². The fraction of sp³-hybridized carbons (Fsp3) is 0.130. The highest BCUT2D eigenvalue weighted by Gasteiger charge is 2.60. The minimum Gasteiger partial charge on any atom is -0.273 e. The van der Waals surface area contributed by atoms with Gasteiger partial charge in [-0.15, -0.1) is 0 Å². The molecule has 3 unspecified atom stereocenters. The van der Waals surface area contributed by atoms with E-state index in [2.05, 4.69) is 0 Å². The number of imide groups is 1. The van der Waals surface area contributed by atoms with Crippen molar-refractivity contribution < 1.29 is 14.4 Å². The van der Waals surface area contributed by atoms with Crippen LogP contribution >= 0.6 is 23.2 Å². The molecule has 3 aromatic carbocycles. The zero-order valence-corrected chi connectivity index (χ0v) is 17.1. The van der Waals surface area contributed by atoms with Crippen molar-refractivity contribution in [3.05, 3.63) is 94.5 Å². The summed E-state index contributed by atoms with van der Waals surface area (Å²) < 4.78 is 0. The number of carbonyl (C=O) groups excluding carboxylic acids is 2. The largest absolute Gasteiger partial charge is 0.273 e. The average Bonchev–Trinajstić information content (AvgIpc) is 3.27. The first-order chi connectivity index (χ1) is 14.6. The van der Waals surface area contributed by atoms with E-state index in [0.717, 1.165) is 16.2 Å². The number of benzene rings is 3. The quantitative estimate of drug-likeness (QED) is 0.537. The molecule has 3 aromatic rings. The van der Waals surface area contributed by atoms with Gasteiger partial charge < -0.3 is 0 Å². The van der Waals surface area contributed by atoms with Gasteiger partial charge in [0.1, 0.15) is 5.92 Å². The molecule has 2 fully saturated rings. The molecule has 5 rings (SSSR count). The van der Waals surface area contributed by atoms with Crippen molar-refractivity contribution in [1.29, 1.82) is 0 Å². The SMILES string of the molecule is O=C1C2ON(c3ccccc3)C(c3ccccc3)C2C(=O)N1c1c(Cl)cccc1Cl. The standard InChI is InChI=1S/C23H16Cl2N2O3/c24-16-12-7-13-17(25)20(16)26-22(28)18-19(14-8-3-1-4-9-14)27(30-21(18)23(26)29)15-10-5-2-6-11-15/h1-13,18-19,21H. The third-order valence-corrected chi connectivity index (χ3v) is 6.04. The number of hydrogen-bond acceptors (Lipinski definition) is 4. The van der Waals surface area contributed by atoms with Gasteiger partial charge >= 0.3 is 0 Å². The molecule has 0 N–H and O–H groups in total. The maximum Gasteiger partial charge on any atom is 0.266 e. The zero-order valence-electron chi connectivity index (χ0n) is 15.6. The van der Waals surface area contributed by atoms with Gasteiger partial charge in [0.15, 0.2) is 6.10 Å². The second-order valence-corrected chi connectivity index (χ2v) is 7.97. The minimum absolute atomic E-state index is 0.201. The first-order valence-corrected chi connectivity index (χ1v) is 10.2. The van der Waals surface area contributed by atoms with E-state index in [-0.39, 0.29) is 21.6 Å². The number of carbonyl (C=O) groups is 2. The molecule has 2 aliphatic rings. The zero-order chi connectivity index (χ0) is 20.8. The Morgan fingerprint density at radius 2 is 1.33 bits per heavy atom. The molecule has 30 heavy (non-hydrogen) atoms. The van der Waals surface area contributed by atoms with Crippen LogP contribution in [-0.2, 0) is 14.4 Å². The normalized spacial score (nSPS) is 23.2. The molecule has 2 amide bonds.